The van der Waals surface area contributed by atoms with Crippen LogP contribution in [0.15, 0.2) is 59.7 Å². The van der Waals surface area contributed by atoms with E-state index in [2.05, 4.69) is 27.5 Å². The summed E-state index contributed by atoms with van der Waals surface area (Å²) in [6, 6.07) is 16.8. The summed E-state index contributed by atoms with van der Waals surface area (Å²) in [5.41, 5.74) is 3.00. The maximum absolute atomic E-state index is 13.1. The summed E-state index contributed by atoms with van der Waals surface area (Å²) in [4.78, 5) is 27.8. The zero-order valence-corrected chi connectivity index (χ0v) is 18.5. The Morgan fingerprint density at radius 3 is 2.47 bits per heavy atom. The fourth-order valence-corrected chi connectivity index (χ4v) is 4.14. The zero-order valence-electron chi connectivity index (χ0n) is 18.5. The summed E-state index contributed by atoms with van der Waals surface area (Å²) in [5.74, 6) is -0.687. The molecule has 7 heteroatoms. The first-order valence-corrected chi connectivity index (χ1v) is 11.3. The molecule has 2 aliphatic rings. The molecule has 1 N–H and O–H groups in total. The summed E-state index contributed by atoms with van der Waals surface area (Å²) < 4.78 is 5.10. The molecule has 0 aromatic heterocycles. The number of nitrogens with zero attached hydrogens (tertiary/aromatic N) is 3. The Kier molecular flexibility index (Phi) is 7.17. The Morgan fingerprint density at radius 1 is 1.06 bits per heavy atom. The van der Waals surface area contributed by atoms with Gasteiger partial charge in [0.2, 0.25) is 5.91 Å². The topological polar surface area (TPSA) is 74.2 Å². The third kappa shape index (κ3) is 5.34. The fraction of sp³-hybridized carbons (Fsp3) is 0.400. The van der Waals surface area contributed by atoms with Gasteiger partial charge >= 0.3 is 5.97 Å². The molecule has 1 amide bonds. The van der Waals surface area contributed by atoms with Crippen molar-refractivity contribution in [1.82, 2.24) is 4.90 Å². The molecule has 4 rings (SSSR count). The predicted molar refractivity (Wildman–Crippen MR) is 126 cm³/mol. The van der Waals surface area contributed by atoms with Gasteiger partial charge in [-0.25, -0.2) is 4.79 Å². The molecule has 168 valence electrons. The lowest BCUT2D eigenvalue weighted by molar-refractivity contribution is -0.135. The van der Waals surface area contributed by atoms with Gasteiger partial charge in [-0.3, -0.25) is 9.80 Å². The Labute approximate surface area is 189 Å². The molecule has 2 aromatic carbocycles. The summed E-state index contributed by atoms with van der Waals surface area (Å²) in [7, 11) is 0. The number of likely N-dealkylation sites (tertiary alicyclic amines) is 1. The number of carbonyl (C=O) groups is 2. The average molecular weight is 435 g/mol. The first-order valence-electron chi connectivity index (χ1n) is 11.3. The molecule has 1 atom stereocenters. The minimum atomic E-state index is -0.619. The smallest absolute Gasteiger partial charge is 0.354 e. The maximum Gasteiger partial charge on any atom is 0.354 e. The van der Waals surface area contributed by atoms with Crippen molar-refractivity contribution < 1.29 is 14.3 Å². The van der Waals surface area contributed by atoms with Gasteiger partial charge in [-0.2, -0.15) is 5.10 Å². The normalized spacial score (nSPS) is 18.5. The molecule has 0 bridgehead atoms. The van der Waals surface area contributed by atoms with Crippen LogP contribution < -0.4 is 10.3 Å². The van der Waals surface area contributed by atoms with Crippen LogP contribution in [0.5, 0.6) is 0 Å². The Balaban J connectivity index is 1.41. The van der Waals surface area contributed by atoms with Crippen LogP contribution in [-0.4, -0.2) is 54.8 Å². The van der Waals surface area contributed by atoms with Crippen molar-refractivity contribution in [3.8, 4) is 0 Å². The van der Waals surface area contributed by atoms with Crippen molar-refractivity contribution >= 4 is 29.0 Å². The minimum Gasteiger partial charge on any atom is -0.461 e. The van der Waals surface area contributed by atoms with Gasteiger partial charge in [0.15, 0.2) is 0 Å². The van der Waals surface area contributed by atoms with E-state index in [0.717, 1.165) is 24.3 Å². The van der Waals surface area contributed by atoms with Gasteiger partial charge in [0, 0.05) is 18.7 Å². The van der Waals surface area contributed by atoms with Crippen molar-refractivity contribution in [2.45, 2.75) is 38.6 Å². The summed E-state index contributed by atoms with van der Waals surface area (Å²) in [5, 5.41) is 8.99. The molecule has 1 fully saturated rings. The van der Waals surface area contributed by atoms with Crippen LogP contribution in [0.4, 0.5) is 11.4 Å². The van der Waals surface area contributed by atoms with Gasteiger partial charge in [-0.05, 0) is 69.1 Å². The SMILES string of the molecule is CCOC(=O)C1=NN(c2ccccc2)C(C(=O)Nc2ccc(CCN3CCCC3)cc2)C1. The number of amides is 1. The molecular weight excluding hydrogens is 404 g/mol. The number of carbonyl (C=O) groups excluding carboxylic acids is 2. The van der Waals surface area contributed by atoms with Crippen molar-refractivity contribution in [1.29, 1.82) is 0 Å². The van der Waals surface area contributed by atoms with Gasteiger partial charge < -0.3 is 15.0 Å². The molecular formula is C25H30N4O3. The second-order valence-electron chi connectivity index (χ2n) is 8.15. The molecule has 32 heavy (non-hydrogen) atoms. The van der Waals surface area contributed by atoms with E-state index in [1.807, 2.05) is 42.5 Å². The number of esters is 1. The first kappa shape index (κ1) is 22.0. The second-order valence-corrected chi connectivity index (χ2v) is 8.15. The Bertz CT molecular complexity index is 953. The third-order valence-corrected chi connectivity index (χ3v) is 5.88. The van der Waals surface area contributed by atoms with Gasteiger partial charge in [0.25, 0.3) is 0 Å². The largest absolute Gasteiger partial charge is 0.461 e. The quantitative estimate of drug-likeness (QED) is 0.644. The van der Waals surface area contributed by atoms with E-state index in [1.165, 1.54) is 31.5 Å². The van der Waals surface area contributed by atoms with Crippen molar-refractivity contribution in [2.75, 3.05) is 36.6 Å². The lowest BCUT2D eigenvalue weighted by Gasteiger charge is -2.22. The number of nitrogens with one attached hydrogen (secondary N) is 1. The second kappa shape index (κ2) is 10.4. The van der Waals surface area contributed by atoms with Crippen molar-refractivity contribution in [2.24, 2.45) is 5.10 Å². The lowest BCUT2D eigenvalue weighted by Crippen LogP contribution is -2.38. The molecule has 2 aromatic rings. The number of ether oxygens (including phenoxy) is 1. The molecule has 1 unspecified atom stereocenters. The number of rotatable bonds is 8. The van der Waals surface area contributed by atoms with E-state index in [4.69, 9.17) is 4.74 Å². The lowest BCUT2D eigenvalue weighted by atomic mass is 10.1. The number of para-hydroxylation sites is 1. The molecule has 0 spiro atoms. The van der Waals surface area contributed by atoms with E-state index in [-0.39, 0.29) is 24.6 Å². The summed E-state index contributed by atoms with van der Waals surface area (Å²) in [6.07, 6.45) is 3.81. The van der Waals surface area contributed by atoms with Gasteiger partial charge in [-0.1, -0.05) is 30.3 Å². The molecule has 2 heterocycles. The van der Waals surface area contributed by atoms with E-state index in [1.54, 1.807) is 11.9 Å². The number of hydrazone groups is 1. The monoisotopic (exact) mass is 434 g/mol. The number of hydrogen-bond donors (Lipinski definition) is 1. The number of hydrogen-bond acceptors (Lipinski definition) is 6. The number of benzene rings is 2. The highest BCUT2D eigenvalue weighted by Gasteiger charge is 2.36. The predicted octanol–water partition coefficient (Wildman–Crippen LogP) is 3.46. The standard InChI is InChI=1S/C25H30N4O3/c1-2-32-25(31)22-18-23(29(27-22)21-8-4-3-5-9-21)24(30)26-20-12-10-19(11-13-20)14-17-28-15-6-7-16-28/h3-5,8-13,23H,2,6-7,14-18H2,1H3,(H,26,30). The van der Waals surface area contributed by atoms with Gasteiger partial charge in [-0.15, -0.1) is 0 Å². The van der Waals surface area contributed by atoms with E-state index in [0.29, 0.717) is 0 Å². The number of anilines is 2. The van der Waals surface area contributed by atoms with Crippen LogP contribution in [0, 0.1) is 0 Å². The first-order chi connectivity index (χ1) is 15.6. The van der Waals surface area contributed by atoms with Crippen molar-refractivity contribution in [3.63, 3.8) is 0 Å². The van der Waals surface area contributed by atoms with E-state index in [9.17, 15) is 9.59 Å². The molecule has 7 nitrogen and oxygen atoms in total. The minimum absolute atomic E-state index is 0.202. The van der Waals surface area contributed by atoms with Gasteiger partial charge in [0.05, 0.1) is 12.3 Å². The Hall–Kier alpha value is -3.19. The highest BCUT2D eigenvalue weighted by Crippen LogP contribution is 2.26. The van der Waals surface area contributed by atoms with Crippen molar-refractivity contribution in [3.05, 3.63) is 60.2 Å². The van der Waals surface area contributed by atoms with Crippen LogP contribution in [0.2, 0.25) is 0 Å². The highest BCUT2D eigenvalue weighted by atomic mass is 16.5. The summed E-state index contributed by atoms with van der Waals surface area (Å²) >= 11 is 0. The van der Waals surface area contributed by atoms with Crippen LogP contribution in [0.3, 0.4) is 0 Å². The maximum atomic E-state index is 13.1. The van der Waals surface area contributed by atoms with Crippen LogP contribution in [0.25, 0.3) is 0 Å². The fourth-order valence-electron chi connectivity index (χ4n) is 4.14. The van der Waals surface area contributed by atoms with E-state index >= 15 is 0 Å². The van der Waals surface area contributed by atoms with E-state index < -0.39 is 12.0 Å². The van der Waals surface area contributed by atoms with Crippen LogP contribution in [-0.2, 0) is 20.7 Å². The van der Waals surface area contributed by atoms with Crippen LogP contribution >= 0.6 is 0 Å². The molecule has 1 saturated heterocycles. The average Bonchev–Trinajstić information content (AvgIpc) is 3.50. The van der Waals surface area contributed by atoms with Crippen LogP contribution in [0.1, 0.15) is 31.7 Å². The molecule has 2 aliphatic heterocycles. The Morgan fingerprint density at radius 2 is 1.78 bits per heavy atom. The summed E-state index contributed by atoms with van der Waals surface area (Å²) in [6.45, 7) is 5.49. The third-order valence-electron chi connectivity index (χ3n) is 5.88. The molecule has 0 aliphatic carbocycles. The molecule has 0 radical (unpaired) electrons. The van der Waals surface area contributed by atoms with Gasteiger partial charge in [0.1, 0.15) is 11.8 Å². The highest BCUT2D eigenvalue weighted by molar-refractivity contribution is 6.38. The zero-order chi connectivity index (χ0) is 22.3. The molecule has 0 saturated carbocycles.